The number of methoxy groups -OCH3 is 2. The molecule has 0 unspecified atom stereocenters. The lowest BCUT2D eigenvalue weighted by molar-refractivity contribution is -0.119. The van der Waals surface area contributed by atoms with Gasteiger partial charge in [-0.3, -0.25) is 9.59 Å². The van der Waals surface area contributed by atoms with Crippen molar-refractivity contribution in [3.05, 3.63) is 83.9 Å². The molecule has 4 aromatic rings. The van der Waals surface area contributed by atoms with Crippen molar-refractivity contribution in [2.45, 2.75) is 0 Å². The molecule has 9 heteroatoms. The molecule has 1 aromatic heterocycles. The maximum absolute atomic E-state index is 13.0. The monoisotopic (exact) mass is 485 g/mol. The van der Waals surface area contributed by atoms with Crippen LogP contribution in [0.15, 0.2) is 72.8 Å². The molecule has 3 N–H and O–H groups in total. The van der Waals surface area contributed by atoms with Crippen molar-refractivity contribution < 1.29 is 28.6 Å². The van der Waals surface area contributed by atoms with Gasteiger partial charge in [0.05, 0.1) is 31.0 Å². The molecule has 1 heterocycles. The van der Waals surface area contributed by atoms with Crippen molar-refractivity contribution in [3.8, 4) is 22.8 Å². The molecule has 0 saturated carbocycles. The molecule has 0 spiro atoms. The second kappa shape index (κ2) is 10.6. The van der Waals surface area contributed by atoms with E-state index in [0.29, 0.717) is 44.9 Å². The number of ether oxygens (including phenoxy) is 3. The van der Waals surface area contributed by atoms with E-state index in [0.717, 1.165) is 0 Å². The van der Waals surface area contributed by atoms with Crippen LogP contribution in [0.5, 0.6) is 11.5 Å². The van der Waals surface area contributed by atoms with Gasteiger partial charge in [0.1, 0.15) is 0 Å². The molecule has 0 aliphatic rings. The smallest absolute Gasteiger partial charge is 0.339 e. The highest BCUT2D eigenvalue weighted by molar-refractivity contribution is 6.05. The summed E-state index contributed by atoms with van der Waals surface area (Å²) in [6.45, 7) is -0.501. The van der Waals surface area contributed by atoms with E-state index in [1.54, 1.807) is 43.5 Å². The Morgan fingerprint density at radius 2 is 1.61 bits per heavy atom. The maximum Gasteiger partial charge on any atom is 0.339 e. The standard InChI is InChI=1S/C27H23N3O6/c1-34-23-12-9-17(13-24(23)35-2)22-14-20(19-5-3-4-6-21(19)30-22)27(33)36-15-25(31)29-18-10-7-16(8-11-18)26(28)32/h3-14H,15H2,1-2H3,(H2,28,32)(H,29,31). The van der Waals surface area contributed by atoms with Gasteiger partial charge in [0.15, 0.2) is 18.1 Å². The van der Waals surface area contributed by atoms with Gasteiger partial charge in [0.2, 0.25) is 5.91 Å². The average Bonchev–Trinajstić information content (AvgIpc) is 2.90. The van der Waals surface area contributed by atoms with Crippen molar-refractivity contribution in [1.82, 2.24) is 4.98 Å². The molecule has 182 valence electrons. The van der Waals surface area contributed by atoms with Crippen LogP contribution in [-0.2, 0) is 9.53 Å². The van der Waals surface area contributed by atoms with Gasteiger partial charge < -0.3 is 25.3 Å². The van der Waals surface area contributed by atoms with Gasteiger partial charge in [-0.25, -0.2) is 9.78 Å². The average molecular weight is 485 g/mol. The Labute approximate surface area is 206 Å². The molecule has 0 aliphatic carbocycles. The van der Waals surface area contributed by atoms with Crippen molar-refractivity contribution in [1.29, 1.82) is 0 Å². The van der Waals surface area contributed by atoms with Crippen molar-refractivity contribution >= 4 is 34.4 Å². The summed E-state index contributed by atoms with van der Waals surface area (Å²) in [6, 6.07) is 20.2. The maximum atomic E-state index is 13.0. The van der Waals surface area contributed by atoms with Gasteiger partial charge in [0.25, 0.3) is 5.91 Å². The molecule has 0 fully saturated rings. The first-order valence-corrected chi connectivity index (χ1v) is 10.9. The van der Waals surface area contributed by atoms with Crippen molar-refractivity contribution in [2.75, 3.05) is 26.1 Å². The summed E-state index contributed by atoms with van der Waals surface area (Å²) >= 11 is 0. The van der Waals surface area contributed by atoms with E-state index in [2.05, 4.69) is 10.3 Å². The van der Waals surface area contributed by atoms with E-state index < -0.39 is 24.4 Å². The van der Waals surface area contributed by atoms with Crippen LogP contribution in [0.25, 0.3) is 22.2 Å². The number of hydrogen-bond acceptors (Lipinski definition) is 7. The Kier molecular flexibility index (Phi) is 7.10. The van der Waals surface area contributed by atoms with E-state index in [-0.39, 0.29) is 5.56 Å². The Balaban J connectivity index is 1.55. The van der Waals surface area contributed by atoms with Gasteiger partial charge in [-0.15, -0.1) is 0 Å². The molecule has 0 bridgehead atoms. The SMILES string of the molecule is COc1ccc(-c2cc(C(=O)OCC(=O)Nc3ccc(C(N)=O)cc3)c3ccccc3n2)cc1OC. The highest BCUT2D eigenvalue weighted by Gasteiger charge is 2.17. The lowest BCUT2D eigenvalue weighted by Crippen LogP contribution is -2.21. The number of nitrogens with one attached hydrogen (secondary N) is 1. The summed E-state index contributed by atoms with van der Waals surface area (Å²) < 4.78 is 16.0. The zero-order valence-electron chi connectivity index (χ0n) is 19.6. The zero-order valence-corrected chi connectivity index (χ0v) is 19.6. The molecule has 3 aromatic carbocycles. The number of rotatable bonds is 8. The number of pyridine rings is 1. The fraction of sp³-hybridized carbons (Fsp3) is 0.111. The number of benzene rings is 3. The predicted octanol–water partition coefficient (Wildman–Crippen LogP) is 3.81. The quantitative estimate of drug-likeness (QED) is 0.363. The minimum absolute atomic E-state index is 0.268. The minimum atomic E-state index is -0.672. The topological polar surface area (TPSA) is 130 Å². The molecular weight excluding hydrogens is 462 g/mol. The third kappa shape index (κ3) is 5.25. The summed E-state index contributed by atoms with van der Waals surface area (Å²) in [6.07, 6.45) is 0. The fourth-order valence-corrected chi connectivity index (χ4v) is 3.61. The largest absolute Gasteiger partial charge is 0.493 e. The van der Waals surface area contributed by atoms with Crippen LogP contribution in [0.1, 0.15) is 20.7 Å². The first-order chi connectivity index (χ1) is 17.4. The van der Waals surface area contributed by atoms with Crippen molar-refractivity contribution in [2.24, 2.45) is 5.73 Å². The molecular formula is C27H23N3O6. The second-order valence-corrected chi connectivity index (χ2v) is 7.71. The Morgan fingerprint density at radius 1 is 0.889 bits per heavy atom. The van der Waals surface area contributed by atoms with E-state index >= 15 is 0 Å². The van der Waals surface area contributed by atoms with Crippen LogP contribution in [0.3, 0.4) is 0 Å². The summed E-state index contributed by atoms with van der Waals surface area (Å²) in [5, 5.41) is 3.20. The van der Waals surface area contributed by atoms with Crippen LogP contribution in [-0.4, -0.2) is 43.6 Å². The number of anilines is 1. The van der Waals surface area contributed by atoms with E-state index in [9.17, 15) is 14.4 Å². The molecule has 4 rings (SSSR count). The molecule has 2 amide bonds. The minimum Gasteiger partial charge on any atom is -0.493 e. The Hall–Kier alpha value is -4.92. The third-order valence-corrected chi connectivity index (χ3v) is 5.40. The molecule has 0 aliphatic heterocycles. The van der Waals surface area contributed by atoms with E-state index in [1.165, 1.54) is 31.4 Å². The number of primary amides is 1. The lowest BCUT2D eigenvalue weighted by atomic mass is 10.0. The molecule has 9 nitrogen and oxygen atoms in total. The zero-order chi connectivity index (χ0) is 25.7. The summed E-state index contributed by atoms with van der Waals surface area (Å²) in [5.41, 5.74) is 8.07. The summed E-state index contributed by atoms with van der Waals surface area (Å²) in [5.74, 6) is -0.686. The highest BCUT2D eigenvalue weighted by atomic mass is 16.5. The molecule has 0 atom stereocenters. The van der Waals surface area contributed by atoms with Gasteiger partial charge in [-0.2, -0.15) is 0 Å². The molecule has 36 heavy (non-hydrogen) atoms. The van der Waals surface area contributed by atoms with E-state index in [1.807, 2.05) is 12.1 Å². The van der Waals surface area contributed by atoms with Crippen LogP contribution >= 0.6 is 0 Å². The number of carbonyl (C=O) groups is 3. The number of carbonyl (C=O) groups excluding carboxylic acids is 3. The Morgan fingerprint density at radius 3 is 2.31 bits per heavy atom. The first-order valence-electron chi connectivity index (χ1n) is 10.9. The second-order valence-electron chi connectivity index (χ2n) is 7.71. The lowest BCUT2D eigenvalue weighted by Gasteiger charge is -2.12. The van der Waals surface area contributed by atoms with Crippen LogP contribution in [0.2, 0.25) is 0 Å². The number of esters is 1. The number of amides is 2. The summed E-state index contributed by atoms with van der Waals surface area (Å²) in [4.78, 5) is 41.2. The molecule has 0 radical (unpaired) electrons. The summed E-state index contributed by atoms with van der Waals surface area (Å²) in [7, 11) is 3.08. The highest BCUT2D eigenvalue weighted by Crippen LogP contribution is 2.33. The predicted molar refractivity (Wildman–Crippen MR) is 134 cm³/mol. The number of nitrogens with two attached hydrogens (primary N) is 1. The van der Waals surface area contributed by atoms with Crippen LogP contribution < -0.4 is 20.5 Å². The molecule has 0 saturated heterocycles. The number of nitrogens with zero attached hydrogens (tertiary/aromatic N) is 1. The number of fused-ring (bicyclic) bond motifs is 1. The number of para-hydroxylation sites is 1. The van der Waals surface area contributed by atoms with Crippen molar-refractivity contribution in [3.63, 3.8) is 0 Å². The number of aromatic nitrogens is 1. The van der Waals surface area contributed by atoms with E-state index in [4.69, 9.17) is 19.9 Å². The van der Waals surface area contributed by atoms with Crippen LogP contribution in [0.4, 0.5) is 5.69 Å². The Bertz CT molecular complexity index is 1450. The fourth-order valence-electron chi connectivity index (χ4n) is 3.61. The van der Waals surface area contributed by atoms with Crippen LogP contribution in [0, 0.1) is 0 Å². The third-order valence-electron chi connectivity index (χ3n) is 5.40. The van der Waals surface area contributed by atoms with Gasteiger partial charge >= 0.3 is 5.97 Å². The van der Waals surface area contributed by atoms with Gasteiger partial charge in [-0.1, -0.05) is 18.2 Å². The van der Waals surface area contributed by atoms with Gasteiger partial charge in [0, 0.05) is 22.2 Å². The normalized spacial score (nSPS) is 10.5. The van der Waals surface area contributed by atoms with Gasteiger partial charge in [-0.05, 0) is 54.6 Å². The first kappa shape index (κ1) is 24.2. The number of hydrogen-bond donors (Lipinski definition) is 2.